The minimum atomic E-state index is 0.194. The molecule has 0 heterocycles. The minimum absolute atomic E-state index is 0.194. The molecule has 1 rings (SSSR count). The molecular formula is C10H14BrN3. The van der Waals surface area contributed by atoms with Gasteiger partial charge in [0.2, 0.25) is 0 Å². The van der Waals surface area contributed by atoms with Crippen LogP contribution in [0.1, 0.15) is 5.56 Å². The van der Waals surface area contributed by atoms with E-state index in [9.17, 15) is 0 Å². The molecule has 0 spiro atoms. The van der Waals surface area contributed by atoms with Crippen LogP contribution in [0.2, 0.25) is 0 Å². The predicted octanol–water partition coefficient (Wildman–Crippen LogP) is 1.82. The SMILES string of the molecule is CN(CC(=N)N)Cc1ccccc1Br. The Labute approximate surface area is 92.5 Å². The fraction of sp³-hybridized carbons (Fsp3) is 0.300. The number of amidine groups is 1. The summed E-state index contributed by atoms with van der Waals surface area (Å²) < 4.78 is 1.09. The van der Waals surface area contributed by atoms with Gasteiger partial charge in [-0.3, -0.25) is 10.3 Å². The molecule has 0 unspecified atom stereocenters. The lowest BCUT2D eigenvalue weighted by atomic mass is 10.2. The maximum atomic E-state index is 7.17. The standard InChI is InChI=1S/C10H14BrN3/c1-14(7-10(12)13)6-8-4-2-3-5-9(8)11/h2-5H,6-7H2,1H3,(H3,12,13). The van der Waals surface area contributed by atoms with Crippen molar-refractivity contribution in [1.29, 1.82) is 5.41 Å². The lowest BCUT2D eigenvalue weighted by Gasteiger charge is -2.16. The van der Waals surface area contributed by atoms with Gasteiger partial charge in [-0.05, 0) is 18.7 Å². The van der Waals surface area contributed by atoms with Gasteiger partial charge in [-0.1, -0.05) is 34.1 Å². The Morgan fingerprint density at radius 3 is 2.71 bits per heavy atom. The van der Waals surface area contributed by atoms with Gasteiger partial charge in [0.25, 0.3) is 0 Å². The normalized spacial score (nSPS) is 10.5. The number of halogens is 1. The van der Waals surface area contributed by atoms with E-state index in [1.165, 1.54) is 5.56 Å². The molecule has 0 atom stereocenters. The number of likely N-dealkylation sites (N-methyl/N-ethyl adjacent to an activating group) is 1. The quantitative estimate of drug-likeness (QED) is 0.637. The van der Waals surface area contributed by atoms with Crippen molar-refractivity contribution in [2.75, 3.05) is 13.6 Å². The highest BCUT2D eigenvalue weighted by Gasteiger charge is 2.03. The van der Waals surface area contributed by atoms with Crippen LogP contribution in [0.25, 0.3) is 0 Å². The van der Waals surface area contributed by atoms with Crippen LogP contribution in [-0.4, -0.2) is 24.3 Å². The summed E-state index contributed by atoms with van der Waals surface area (Å²) in [5, 5.41) is 7.17. The summed E-state index contributed by atoms with van der Waals surface area (Å²) in [4.78, 5) is 2.00. The highest BCUT2D eigenvalue weighted by molar-refractivity contribution is 9.10. The lowest BCUT2D eigenvalue weighted by molar-refractivity contribution is 0.371. The second-order valence-corrected chi connectivity index (χ2v) is 4.14. The number of hydrogen-bond acceptors (Lipinski definition) is 2. The highest BCUT2D eigenvalue weighted by atomic mass is 79.9. The summed E-state index contributed by atoms with van der Waals surface area (Å²) in [5.41, 5.74) is 6.52. The van der Waals surface area contributed by atoms with Crippen LogP contribution in [0.3, 0.4) is 0 Å². The Kier molecular flexibility index (Phi) is 4.10. The minimum Gasteiger partial charge on any atom is -0.387 e. The monoisotopic (exact) mass is 255 g/mol. The first-order valence-electron chi connectivity index (χ1n) is 4.34. The van der Waals surface area contributed by atoms with Gasteiger partial charge in [-0.25, -0.2) is 0 Å². The first-order chi connectivity index (χ1) is 6.59. The molecule has 0 aromatic heterocycles. The molecule has 0 aliphatic rings. The zero-order valence-corrected chi connectivity index (χ0v) is 9.71. The van der Waals surface area contributed by atoms with E-state index in [2.05, 4.69) is 22.0 Å². The fourth-order valence-corrected chi connectivity index (χ4v) is 1.67. The van der Waals surface area contributed by atoms with Crippen molar-refractivity contribution in [3.63, 3.8) is 0 Å². The molecule has 1 aromatic rings. The first-order valence-corrected chi connectivity index (χ1v) is 5.13. The van der Waals surface area contributed by atoms with Crippen LogP contribution in [-0.2, 0) is 6.54 Å². The molecule has 0 aliphatic carbocycles. The van der Waals surface area contributed by atoms with E-state index in [-0.39, 0.29) is 5.84 Å². The molecule has 3 nitrogen and oxygen atoms in total. The van der Waals surface area contributed by atoms with Crippen LogP contribution in [0.5, 0.6) is 0 Å². The largest absolute Gasteiger partial charge is 0.387 e. The average Bonchev–Trinajstić information content (AvgIpc) is 2.07. The number of nitrogens with one attached hydrogen (secondary N) is 1. The third kappa shape index (κ3) is 3.47. The van der Waals surface area contributed by atoms with Crippen LogP contribution < -0.4 is 5.73 Å². The Morgan fingerprint density at radius 2 is 2.14 bits per heavy atom. The van der Waals surface area contributed by atoms with E-state index >= 15 is 0 Å². The summed E-state index contributed by atoms with van der Waals surface area (Å²) in [6, 6.07) is 8.05. The summed E-state index contributed by atoms with van der Waals surface area (Å²) in [5.74, 6) is 0.194. The van der Waals surface area contributed by atoms with E-state index in [1.54, 1.807) is 0 Å². The van der Waals surface area contributed by atoms with Crippen LogP contribution in [0.15, 0.2) is 28.7 Å². The summed E-state index contributed by atoms with van der Waals surface area (Å²) >= 11 is 3.48. The molecule has 1 aromatic carbocycles. The summed E-state index contributed by atoms with van der Waals surface area (Å²) in [6.07, 6.45) is 0. The van der Waals surface area contributed by atoms with Gasteiger partial charge in [0, 0.05) is 11.0 Å². The molecule has 76 valence electrons. The lowest BCUT2D eigenvalue weighted by Crippen LogP contribution is -2.29. The Morgan fingerprint density at radius 1 is 1.50 bits per heavy atom. The fourth-order valence-electron chi connectivity index (χ4n) is 1.26. The van der Waals surface area contributed by atoms with Crippen molar-refractivity contribution in [3.8, 4) is 0 Å². The predicted molar refractivity (Wildman–Crippen MR) is 62.4 cm³/mol. The summed E-state index contributed by atoms with van der Waals surface area (Å²) in [6.45, 7) is 1.29. The Bertz CT molecular complexity index is 325. The van der Waals surface area contributed by atoms with Crippen molar-refractivity contribution >= 4 is 21.8 Å². The van der Waals surface area contributed by atoms with E-state index in [0.717, 1.165) is 11.0 Å². The van der Waals surface area contributed by atoms with Crippen molar-refractivity contribution in [2.24, 2.45) is 5.73 Å². The maximum absolute atomic E-state index is 7.17. The highest BCUT2D eigenvalue weighted by Crippen LogP contribution is 2.16. The van der Waals surface area contributed by atoms with Crippen molar-refractivity contribution in [3.05, 3.63) is 34.3 Å². The van der Waals surface area contributed by atoms with Gasteiger partial charge in [-0.15, -0.1) is 0 Å². The van der Waals surface area contributed by atoms with E-state index in [0.29, 0.717) is 6.54 Å². The van der Waals surface area contributed by atoms with E-state index in [1.807, 2.05) is 30.1 Å². The van der Waals surface area contributed by atoms with Crippen molar-refractivity contribution in [2.45, 2.75) is 6.54 Å². The van der Waals surface area contributed by atoms with Gasteiger partial charge in [-0.2, -0.15) is 0 Å². The third-order valence-electron chi connectivity index (χ3n) is 1.84. The molecule has 0 saturated heterocycles. The molecule has 0 aliphatic heterocycles. The molecule has 14 heavy (non-hydrogen) atoms. The van der Waals surface area contributed by atoms with E-state index < -0.39 is 0 Å². The molecule has 4 heteroatoms. The molecule has 0 saturated carbocycles. The van der Waals surface area contributed by atoms with Gasteiger partial charge >= 0.3 is 0 Å². The molecule has 3 N–H and O–H groups in total. The number of benzene rings is 1. The van der Waals surface area contributed by atoms with Gasteiger partial charge in [0.1, 0.15) is 5.84 Å². The molecular weight excluding hydrogens is 242 g/mol. The molecule has 0 fully saturated rings. The second kappa shape index (κ2) is 5.12. The van der Waals surface area contributed by atoms with Gasteiger partial charge in [0.05, 0.1) is 6.54 Å². The smallest absolute Gasteiger partial charge is 0.105 e. The Balaban J connectivity index is 2.60. The van der Waals surface area contributed by atoms with Crippen molar-refractivity contribution in [1.82, 2.24) is 4.90 Å². The average molecular weight is 256 g/mol. The molecule has 0 radical (unpaired) electrons. The number of nitrogens with zero attached hydrogens (tertiary/aromatic N) is 1. The summed E-state index contributed by atoms with van der Waals surface area (Å²) in [7, 11) is 1.95. The third-order valence-corrected chi connectivity index (χ3v) is 2.61. The van der Waals surface area contributed by atoms with Gasteiger partial charge in [0.15, 0.2) is 0 Å². The van der Waals surface area contributed by atoms with E-state index in [4.69, 9.17) is 11.1 Å². The molecule has 0 amide bonds. The number of hydrogen-bond donors (Lipinski definition) is 2. The molecule has 0 bridgehead atoms. The Hall–Kier alpha value is -0.870. The topological polar surface area (TPSA) is 53.1 Å². The second-order valence-electron chi connectivity index (χ2n) is 3.29. The number of nitrogens with two attached hydrogens (primary N) is 1. The maximum Gasteiger partial charge on any atom is 0.105 e. The van der Waals surface area contributed by atoms with Crippen LogP contribution in [0, 0.1) is 5.41 Å². The zero-order valence-electron chi connectivity index (χ0n) is 8.13. The van der Waals surface area contributed by atoms with Gasteiger partial charge < -0.3 is 5.73 Å². The van der Waals surface area contributed by atoms with Crippen LogP contribution in [0.4, 0.5) is 0 Å². The van der Waals surface area contributed by atoms with Crippen molar-refractivity contribution < 1.29 is 0 Å². The van der Waals surface area contributed by atoms with Crippen LogP contribution >= 0.6 is 15.9 Å². The number of rotatable bonds is 4. The zero-order chi connectivity index (χ0) is 10.6. The first kappa shape index (κ1) is 11.2.